The predicted octanol–water partition coefficient (Wildman–Crippen LogP) is 7.49. The Kier molecular flexibility index (Phi) is 7.75. The van der Waals surface area contributed by atoms with E-state index in [2.05, 4.69) is 15.9 Å². The van der Waals surface area contributed by atoms with Crippen molar-refractivity contribution in [3.63, 3.8) is 0 Å². The normalized spacial score (nSPS) is 14.8. The first-order valence-corrected chi connectivity index (χ1v) is 12.5. The van der Waals surface area contributed by atoms with Crippen LogP contribution in [0.15, 0.2) is 76.1 Å². The van der Waals surface area contributed by atoms with Crippen LogP contribution in [-0.2, 0) is 11.4 Å². The summed E-state index contributed by atoms with van der Waals surface area (Å²) in [4.78, 5) is 15.1. The van der Waals surface area contributed by atoms with Crippen LogP contribution in [0.5, 0.6) is 11.5 Å². The van der Waals surface area contributed by atoms with E-state index in [0.717, 1.165) is 21.3 Å². The molecule has 168 valence electrons. The number of halogens is 2. The van der Waals surface area contributed by atoms with Gasteiger partial charge in [0.05, 0.1) is 22.2 Å². The second-order valence-corrected chi connectivity index (χ2v) is 10.0. The van der Waals surface area contributed by atoms with Crippen molar-refractivity contribution in [2.24, 2.45) is 0 Å². The number of amides is 1. The molecule has 1 amide bonds. The van der Waals surface area contributed by atoms with Gasteiger partial charge in [-0.3, -0.25) is 9.69 Å². The lowest BCUT2D eigenvalue weighted by Gasteiger charge is -2.15. The number of anilines is 1. The van der Waals surface area contributed by atoms with E-state index in [4.69, 9.17) is 33.3 Å². The number of nitrogens with zero attached hydrogens (tertiary/aromatic N) is 1. The predicted molar refractivity (Wildman–Crippen MR) is 143 cm³/mol. The summed E-state index contributed by atoms with van der Waals surface area (Å²) in [7, 11) is 0. The molecule has 0 N–H and O–H groups in total. The molecule has 0 spiro atoms. The van der Waals surface area contributed by atoms with Crippen molar-refractivity contribution >= 4 is 73.5 Å². The lowest BCUT2D eigenvalue weighted by atomic mass is 10.1. The molecule has 4 rings (SSSR count). The van der Waals surface area contributed by atoms with Crippen LogP contribution in [0.3, 0.4) is 0 Å². The Balaban J connectivity index is 1.59. The summed E-state index contributed by atoms with van der Waals surface area (Å²) < 4.78 is 13.3. The van der Waals surface area contributed by atoms with Gasteiger partial charge in [0.25, 0.3) is 5.91 Å². The Morgan fingerprint density at radius 2 is 1.82 bits per heavy atom. The van der Waals surface area contributed by atoms with Gasteiger partial charge in [0, 0.05) is 4.47 Å². The van der Waals surface area contributed by atoms with Crippen LogP contribution in [0.1, 0.15) is 18.1 Å². The van der Waals surface area contributed by atoms with Crippen LogP contribution >= 0.6 is 51.5 Å². The lowest BCUT2D eigenvalue weighted by molar-refractivity contribution is -0.113. The summed E-state index contributed by atoms with van der Waals surface area (Å²) in [6.45, 7) is 2.69. The van der Waals surface area contributed by atoms with Gasteiger partial charge in [-0.2, -0.15) is 0 Å². The molecule has 0 atom stereocenters. The highest BCUT2D eigenvalue weighted by Gasteiger charge is 2.33. The van der Waals surface area contributed by atoms with E-state index in [9.17, 15) is 4.79 Å². The maximum atomic E-state index is 13.0. The molecule has 3 aromatic rings. The Labute approximate surface area is 215 Å². The van der Waals surface area contributed by atoms with Crippen LogP contribution in [0, 0.1) is 0 Å². The molecule has 0 bridgehead atoms. The molecule has 1 aliphatic heterocycles. The fourth-order valence-electron chi connectivity index (χ4n) is 3.23. The minimum Gasteiger partial charge on any atom is -0.490 e. The molecule has 1 heterocycles. The van der Waals surface area contributed by atoms with Crippen LogP contribution < -0.4 is 14.4 Å². The van der Waals surface area contributed by atoms with Gasteiger partial charge in [-0.05, 0) is 60.5 Å². The number of rotatable bonds is 7. The zero-order valence-corrected chi connectivity index (χ0v) is 21.6. The van der Waals surface area contributed by atoms with E-state index in [1.54, 1.807) is 12.1 Å². The van der Waals surface area contributed by atoms with E-state index in [1.807, 2.05) is 67.6 Å². The summed E-state index contributed by atoms with van der Waals surface area (Å²) in [6.07, 6.45) is 1.77. The minimum absolute atomic E-state index is 0.166. The van der Waals surface area contributed by atoms with E-state index in [0.29, 0.717) is 39.0 Å². The monoisotopic (exact) mass is 559 g/mol. The minimum atomic E-state index is -0.166. The molecule has 33 heavy (non-hydrogen) atoms. The van der Waals surface area contributed by atoms with Crippen molar-refractivity contribution in [2.75, 3.05) is 11.5 Å². The molecule has 3 aromatic carbocycles. The zero-order chi connectivity index (χ0) is 23.4. The number of para-hydroxylation sites is 1. The smallest absolute Gasteiger partial charge is 0.270 e. The molecule has 1 saturated heterocycles. The molecule has 1 aliphatic rings. The van der Waals surface area contributed by atoms with E-state index >= 15 is 0 Å². The van der Waals surface area contributed by atoms with Crippen LogP contribution in [-0.4, -0.2) is 16.8 Å². The fourth-order valence-corrected chi connectivity index (χ4v) is 5.07. The summed E-state index contributed by atoms with van der Waals surface area (Å²) in [5.74, 6) is 0.822. The maximum Gasteiger partial charge on any atom is 0.270 e. The highest BCUT2D eigenvalue weighted by atomic mass is 79.9. The van der Waals surface area contributed by atoms with Gasteiger partial charge < -0.3 is 9.47 Å². The molecule has 1 fully saturated rings. The fraction of sp³-hybridized carbons (Fsp3) is 0.120. The number of hydrogen-bond acceptors (Lipinski definition) is 5. The third-order valence-corrected chi connectivity index (χ3v) is 6.85. The molecule has 0 radical (unpaired) electrons. The first-order chi connectivity index (χ1) is 16.0. The summed E-state index contributed by atoms with van der Waals surface area (Å²) in [5.41, 5.74) is 2.48. The zero-order valence-electron chi connectivity index (χ0n) is 17.6. The van der Waals surface area contributed by atoms with Gasteiger partial charge in [-0.25, -0.2) is 0 Å². The maximum absolute atomic E-state index is 13.0. The second-order valence-electron chi connectivity index (χ2n) is 7.03. The van der Waals surface area contributed by atoms with Crippen LogP contribution in [0.4, 0.5) is 5.69 Å². The highest BCUT2D eigenvalue weighted by Crippen LogP contribution is 2.40. The average Bonchev–Trinajstić information content (AvgIpc) is 3.08. The van der Waals surface area contributed by atoms with Gasteiger partial charge in [0.1, 0.15) is 6.61 Å². The summed E-state index contributed by atoms with van der Waals surface area (Å²) in [6, 6.07) is 20.8. The van der Waals surface area contributed by atoms with Crippen LogP contribution in [0.25, 0.3) is 6.08 Å². The molecule has 0 aliphatic carbocycles. The molecule has 0 aromatic heterocycles. The Morgan fingerprint density at radius 1 is 1.09 bits per heavy atom. The molecule has 4 nitrogen and oxygen atoms in total. The molecule has 8 heteroatoms. The number of carbonyl (C=O) groups is 1. The number of hydrogen-bond donors (Lipinski definition) is 0. The summed E-state index contributed by atoms with van der Waals surface area (Å²) in [5, 5.41) is 0.405. The highest BCUT2D eigenvalue weighted by molar-refractivity contribution is 9.10. The van der Waals surface area contributed by atoms with E-state index in [-0.39, 0.29) is 5.91 Å². The van der Waals surface area contributed by atoms with Crippen molar-refractivity contribution in [3.8, 4) is 11.5 Å². The lowest BCUT2D eigenvalue weighted by Crippen LogP contribution is -2.27. The van der Waals surface area contributed by atoms with Crippen LogP contribution in [0.2, 0.25) is 5.02 Å². The number of thioether (sulfide) groups is 1. The first kappa shape index (κ1) is 23.8. The van der Waals surface area contributed by atoms with Gasteiger partial charge in [-0.15, -0.1) is 0 Å². The van der Waals surface area contributed by atoms with Crippen molar-refractivity contribution in [3.05, 3.63) is 92.3 Å². The summed E-state index contributed by atoms with van der Waals surface area (Å²) >= 11 is 16.7. The largest absolute Gasteiger partial charge is 0.490 e. The average molecular weight is 561 g/mol. The van der Waals surface area contributed by atoms with E-state index < -0.39 is 0 Å². The Bertz CT molecular complexity index is 1220. The number of benzene rings is 3. The quantitative estimate of drug-likeness (QED) is 0.221. The third kappa shape index (κ3) is 5.61. The number of thiocarbonyl (C=S) groups is 1. The Morgan fingerprint density at radius 3 is 2.52 bits per heavy atom. The van der Waals surface area contributed by atoms with Gasteiger partial charge in [0.2, 0.25) is 0 Å². The molecular formula is C25H19BrClNO3S2. The van der Waals surface area contributed by atoms with Crippen molar-refractivity contribution in [1.82, 2.24) is 0 Å². The van der Waals surface area contributed by atoms with Crippen molar-refractivity contribution < 1.29 is 14.3 Å². The van der Waals surface area contributed by atoms with Crippen molar-refractivity contribution in [2.45, 2.75) is 13.5 Å². The molecule has 0 unspecified atom stereocenters. The molecular weight excluding hydrogens is 542 g/mol. The first-order valence-electron chi connectivity index (χ1n) is 10.1. The number of carbonyl (C=O) groups excluding carboxylic acids is 1. The van der Waals surface area contributed by atoms with Gasteiger partial charge >= 0.3 is 0 Å². The SMILES string of the molecule is CCOc1cc(/C=C2/SC(=S)N(c3ccccc3)C2=O)cc(Cl)c1OCc1ccc(Br)cc1. The third-order valence-electron chi connectivity index (χ3n) is 4.73. The standard InChI is InChI=1S/C25H19BrClNO3S2/c1-2-30-21-13-17(12-20(27)23(21)31-15-16-8-10-18(26)11-9-16)14-22-24(29)28(25(32)33-22)19-6-4-3-5-7-19/h3-14H,2,15H2,1H3/b22-14+. The Hall–Kier alpha value is -2.32. The second kappa shape index (κ2) is 10.7. The topological polar surface area (TPSA) is 38.8 Å². The molecule has 0 saturated carbocycles. The van der Waals surface area contributed by atoms with Crippen molar-refractivity contribution in [1.29, 1.82) is 0 Å². The van der Waals surface area contributed by atoms with E-state index in [1.165, 1.54) is 16.7 Å². The number of ether oxygens (including phenoxy) is 2. The van der Waals surface area contributed by atoms with Gasteiger partial charge in [-0.1, -0.05) is 81.8 Å². The van der Waals surface area contributed by atoms with Gasteiger partial charge in [0.15, 0.2) is 15.8 Å².